The minimum atomic E-state index is -0.0919. The summed E-state index contributed by atoms with van der Waals surface area (Å²) in [5, 5.41) is 18.0. The number of aromatic hydroxyl groups is 2. The van der Waals surface area contributed by atoms with Crippen molar-refractivity contribution in [1.82, 2.24) is 0 Å². The Balaban J connectivity index is 0. The van der Waals surface area contributed by atoms with Crippen LogP contribution < -0.4 is 47.7 Å². The summed E-state index contributed by atoms with van der Waals surface area (Å²) in [6.07, 6.45) is 0.716. The van der Waals surface area contributed by atoms with Gasteiger partial charge in [0.1, 0.15) is 0 Å². The summed E-state index contributed by atoms with van der Waals surface area (Å²) in [4.78, 5) is 0. The molecule has 0 fully saturated rings. The predicted octanol–water partition coefficient (Wildman–Crippen LogP) is -5.39. The van der Waals surface area contributed by atoms with Gasteiger partial charge < -0.3 is 28.4 Å². The molecule has 5 heteroatoms. The molecular formula is C8H11ClNNaO2. The van der Waals surface area contributed by atoms with Gasteiger partial charge in [-0.1, -0.05) is 6.07 Å². The molecule has 4 N–H and O–H groups in total. The van der Waals surface area contributed by atoms with Crippen LogP contribution in [0.2, 0.25) is 0 Å². The van der Waals surface area contributed by atoms with E-state index in [0.29, 0.717) is 13.0 Å². The number of phenolic OH excluding ortho intramolecular Hbond substituents is 2. The quantitative estimate of drug-likeness (QED) is 0.338. The SMILES string of the molecule is NCCc1ccc(O)c(O)c1.[Cl-].[Na+]. The van der Waals surface area contributed by atoms with E-state index in [1.807, 2.05) is 0 Å². The molecule has 0 atom stereocenters. The third kappa shape index (κ3) is 4.74. The summed E-state index contributed by atoms with van der Waals surface area (Å²) in [5.74, 6) is -0.179. The molecule has 1 aromatic carbocycles. The topological polar surface area (TPSA) is 66.5 Å². The van der Waals surface area contributed by atoms with Gasteiger partial charge in [0.15, 0.2) is 11.5 Å². The zero-order chi connectivity index (χ0) is 8.27. The minimum Gasteiger partial charge on any atom is -1.00 e. The number of hydrogen-bond donors (Lipinski definition) is 3. The second-order valence-corrected chi connectivity index (χ2v) is 2.36. The maximum Gasteiger partial charge on any atom is 1.00 e. The molecule has 0 aromatic heterocycles. The molecule has 0 spiro atoms. The van der Waals surface area contributed by atoms with Gasteiger partial charge >= 0.3 is 29.6 Å². The average molecular weight is 212 g/mol. The van der Waals surface area contributed by atoms with E-state index in [9.17, 15) is 0 Å². The summed E-state index contributed by atoms with van der Waals surface area (Å²) in [6, 6.07) is 4.71. The second-order valence-electron chi connectivity index (χ2n) is 2.36. The number of phenols is 2. The van der Waals surface area contributed by atoms with Crippen molar-refractivity contribution in [2.45, 2.75) is 6.42 Å². The Labute approximate surface area is 106 Å². The van der Waals surface area contributed by atoms with Crippen LogP contribution in [0.25, 0.3) is 0 Å². The third-order valence-corrected chi connectivity index (χ3v) is 1.47. The van der Waals surface area contributed by atoms with Crippen LogP contribution in [0.1, 0.15) is 5.56 Å². The van der Waals surface area contributed by atoms with E-state index in [-0.39, 0.29) is 53.5 Å². The standard InChI is InChI=1S/C8H11NO2.ClH.Na/c9-4-3-6-1-2-7(10)8(11)5-6;;/h1-2,5,10-11H,3-4,9H2;1H;/q;;+1/p-1. The first-order valence-corrected chi connectivity index (χ1v) is 3.45. The zero-order valence-corrected chi connectivity index (χ0v) is 10.3. The number of benzene rings is 1. The number of nitrogens with two attached hydrogens (primary N) is 1. The van der Waals surface area contributed by atoms with Gasteiger partial charge in [0, 0.05) is 0 Å². The van der Waals surface area contributed by atoms with Crippen LogP contribution in [0.4, 0.5) is 0 Å². The summed E-state index contributed by atoms with van der Waals surface area (Å²) in [7, 11) is 0. The fourth-order valence-electron chi connectivity index (χ4n) is 0.891. The van der Waals surface area contributed by atoms with Gasteiger partial charge in [0.25, 0.3) is 0 Å². The molecule has 0 amide bonds. The van der Waals surface area contributed by atoms with Gasteiger partial charge in [-0.25, -0.2) is 0 Å². The fraction of sp³-hybridized carbons (Fsp3) is 0.250. The first-order valence-electron chi connectivity index (χ1n) is 3.45. The van der Waals surface area contributed by atoms with Gasteiger partial charge in [0.2, 0.25) is 0 Å². The summed E-state index contributed by atoms with van der Waals surface area (Å²) < 4.78 is 0. The van der Waals surface area contributed by atoms with Crippen molar-refractivity contribution in [3.05, 3.63) is 23.8 Å². The van der Waals surface area contributed by atoms with Gasteiger partial charge in [-0.05, 0) is 30.7 Å². The molecule has 0 bridgehead atoms. The average Bonchev–Trinajstić information content (AvgIpc) is 1.98. The van der Waals surface area contributed by atoms with E-state index < -0.39 is 0 Å². The van der Waals surface area contributed by atoms with E-state index >= 15 is 0 Å². The molecule has 0 aliphatic carbocycles. The predicted molar refractivity (Wildman–Crippen MR) is 42.5 cm³/mol. The van der Waals surface area contributed by atoms with E-state index in [0.717, 1.165) is 5.56 Å². The first-order chi connectivity index (χ1) is 5.24. The fourth-order valence-corrected chi connectivity index (χ4v) is 0.891. The van der Waals surface area contributed by atoms with E-state index in [1.54, 1.807) is 6.07 Å². The van der Waals surface area contributed by atoms with Crippen molar-refractivity contribution in [2.24, 2.45) is 5.73 Å². The van der Waals surface area contributed by atoms with Gasteiger partial charge in [-0.2, -0.15) is 0 Å². The van der Waals surface area contributed by atoms with Crippen LogP contribution in [-0.4, -0.2) is 16.8 Å². The van der Waals surface area contributed by atoms with Gasteiger partial charge in [-0.15, -0.1) is 0 Å². The molecule has 0 radical (unpaired) electrons. The maximum atomic E-state index is 9.04. The molecule has 0 saturated carbocycles. The molecule has 0 heterocycles. The molecule has 68 valence electrons. The maximum absolute atomic E-state index is 9.04. The molecule has 0 aliphatic rings. The largest absolute Gasteiger partial charge is 1.00 e. The van der Waals surface area contributed by atoms with Crippen molar-refractivity contribution in [1.29, 1.82) is 0 Å². The van der Waals surface area contributed by atoms with E-state index in [4.69, 9.17) is 15.9 Å². The Bertz CT molecular complexity index is 258. The van der Waals surface area contributed by atoms with E-state index in [1.165, 1.54) is 12.1 Å². The van der Waals surface area contributed by atoms with Crippen molar-refractivity contribution < 1.29 is 52.2 Å². The van der Waals surface area contributed by atoms with Crippen molar-refractivity contribution >= 4 is 0 Å². The molecule has 3 nitrogen and oxygen atoms in total. The molecule has 0 aliphatic heterocycles. The minimum absolute atomic E-state index is 0. The smallest absolute Gasteiger partial charge is 1.00 e. The summed E-state index contributed by atoms with van der Waals surface area (Å²) >= 11 is 0. The first kappa shape index (κ1) is 15.5. The molecule has 0 unspecified atom stereocenters. The Kier molecular flexibility index (Phi) is 8.93. The Morgan fingerprint density at radius 2 is 1.77 bits per heavy atom. The van der Waals surface area contributed by atoms with E-state index in [2.05, 4.69) is 0 Å². The van der Waals surface area contributed by atoms with Crippen LogP contribution in [0, 0.1) is 0 Å². The second kappa shape index (κ2) is 7.47. The van der Waals surface area contributed by atoms with Crippen LogP contribution in [0.15, 0.2) is 18.2 Å². The number of rotatable bonds is 2. The van der Waals surface area contributed by atoms with Gasteiger partial charge in [0.05, 0.1) is 0 Å². The Morgan fingerprint density at radius 3 is 2.23 bits per heavy atom. The molecule has 1 aromatic rings. The zero-order valence-electron chi connectivity index (χ0n) is 7.50. The molecular weight excluding hydrogens is 201 g/mol. The number of halogens is 1. The number of hydrogen-bond acceptors (Lipinski definition) is 3. The summed E-state index contributed by atoms with van der Waals surface area (Å²) in [6.45, 7) is 0.546. The van der Waals surface area contributed by atoms with Crippen LogP contribution in [-0.2, 0) is 6.42 Å². The van der Waals surface area contributed by atoms with Gasteiger partial charge in [-0.3, -0.25) is 0 Å². The molecule has 13 heavy (non-hydrogen) atoms. The normalized spacial score (nSPS) is 8.38. The van der Waals surface area contributed by atoms with Crippen LogP contribution in [0.3, 0.4) is 0 Å². The van der Waals surface area contributed by atoms with Crippen molar-refractivity contribution in [3.63, 3.8) is 0 Å². The summed E-state index contributed by atoms with van der Waals surface area (Å²) in [5.41, 5.74) is 6.24. The monoisotopic (exact) mass is 211 g/mol. The van der Waals surface area contributed by atoms with Crippen LogP contribution >= 0.6 is 0 Å². The molecule has 0 saturated heterocycles. The van der Waals surface area contributed by atoms with Crippen molar-refractivity contribution in [2.75, 3.05) is 6.54 Å². The molecule has 1 rings (SSSR count). The Hall–Kier alpha value is 0.0700. The third-order valence-electron chi connectivity index (χ3n) is 1.47. The Morgan fingerprint density at radius 1 is 1.15 bits per heavy atom. The van der Waals surface area contributed by atoms with Crippen LogP contribution in [0.5, 0.6) is 11.5 Å². The van der Waals surface area contributed by atoms with Crippen molar-refractivity contribution in [3.8, 4) is 11.5 Å².